The Morgan fingerprint density at radius 3 is 2.73 bits per heavy atom. The highest BCUT2D eigenvalue weighted by Crippen LogP contribution is 2.31. The van der Waals surface area contributed by atoms with E-state index in [4.69, 9.17) is 5.73 Å². The van der Waals surface area contributed by atoms with Gasteiger partial charge in [0, 0.05) is 18.7 Å². The summed E-state index contributed by atoms with van der Waals surface area (Å²) in [7, 11) is 1.84. The van der Waals surface area contributed by atoms with E-state index in [1.807, 2.05) is 20.9 Å². The quantitative estimate of drug-likeness (QED) is 0.730. The van der Waals surface area contributed by atoms with Crippen LogP contribution < -0.4 is 5.73 Å². The van der Waals surface area contributed by atoms with E-state index in [-0.39, 0.29) is 17.4 Å². The maximum Gasteiger partial charge on any atom is 0.148 e. The standard InChI is InChI=1S/C11H14FN3/c1-6(2)9-10(13)7(12)4-8-11(9)14-5-15(8)3/h4-6H,13H2,1-3H3. The highest BCUT2D eigenvalue weighted by molar-refractivity contribution is 5.85. The minimum absolute atomic E-state index is 0.165. The van der Waals surface area contributed by atoms with Gasteiger partial charge in [-0.25, -0.2) is 9.37 Å². The molecule has 80 valence electrons. The number of rotatable bonds is 1. The Bertz CT molecular complexity index is 514. The second-order valence-electron chi connectivity index (χ2n) is 4.06. The van der Waals surface area contributed by atoms with Gasteiger partial charge in [0.2, 0.25) is 0 Å². The van der Waals surface area contributed by atoms with Crippen LogP contribution in [-0.4, -0.2) is 9.55 Å². The number of imidazole rings is 1. The van der Waals surface area contributed by atoms with E-state index in [2.05, 4.69) is 4.98 Å². The summed E-state index contributed by atoms with van der Waals surface area (Å²) in [6.45, 7) is 3.97. The fourth-order valence-corrected chi connectivity index (χ4v) is 1.86. The predicted octanol–water partition coefficient (Wildman–Crippen LogP) is 2.42. The Hall–Kier alpha value is -1.58. The van der Waals surface area contributed by atoms with Crippen molar-refractivity contribution >= 4 is 16.7 Å². The Morgan fingerprint density at radius 2 is 2.13 bits per heavy atom. The summed E-state index contributed by atoms with van der Waals surface area (Å²) in [6.07, 6.45) is 1.68. The number of nitrogens with zero attached hydrogens (tertiary/aromatic N) is 2. The number of halogens is 1. The molecule has 0 fully saturated rings. The third kappa shape index (κ3) is 1.37. The first kappa shape index (κ1) is 9.96. The van der Waals surface area contributed by atoms with Gasteiger partial charge in [0.15, 0.2) is 0 Å². The topological polar surface area (TPSA) is 43.8 Å². The van der Waals surface area contributed by atoms with Crippen LogP contribution in [0.4, 0.5) is 10.1 Å². The van der Waals surface area contributed by atoms with Gasteiger partial charge in [-0.1, -0.05) is 13.8 Å². The van der Waals surface area contributed by atoms with E-state index in [0.717, 1.165) is 16.6 Å². The molecule has 0 radical (unpaired) electrons. The number of fused-ring (bicyclic) bond motifs is 1. The van der Waals surface area contributed by atoms with Crippen molar-refractivity contribution in [1.82, 2.24) is 9.55 Å². The number of hydrogen-bond donors (Lipinski definition) is 1. The molecule has 4 heteroatoms. The van der Waals surface area contributed by atoms with Gasteiger partial charge in [-0.15, -0.1) is 0 Å². The third-order valence-electron chi connectivity index (χ3n) is 2.63. The summed E-state index contributed by atoms with van der Waals surface area (Å²) in [4.78, 5) is 4.26. The second kappa shape index (κ2) is 3.22. The summed E-state index contributed by atoms with van der Waals surface area (Å²) in [5.74, 6) is -0.201. The van der Waals surface area contributed by atoms with Crippen LogP contribution in [-0.2, 0) is 7.05 Å². The molecule has 0 aliphatic heterocycles. The van der Waals surface area contributed by atoms with Crippen molar-refractivity contribution in [2.75, 3.05) is 5.73 Å². The molecule has 15 heavy (non-hydrogen) atoms. The fraction of sp³-hybridized carbons (Fsp3) is 0.364. The molecule has 0 aliphatic carbocycles. The molecule has 2 N–H and O–H groups in total. The lowest BCUT2D eigenvalue weighted by Crippen LogP contribution is -2.01. The molecule has 0 amide bonds. The largest absolute Gasteiger partial charge is 0.396 e. The molecule has 0 saturated carbocycles. The van der Waals surface area contributed by atoms with E-state index in [0.29, 0.717) is 0 Å². The van der Waals surface area contributed by atoms with Crippen LogP contribution in [0, 0.1) is 5.82 Å². The number of hydrogen-bond acceptors (Lipinski definition) is 2. The monoisotopic (exact) mass is 207 g/mol. The van der Waals surface area contributed by atoms with Gasteiger partial charge in [0.1, 0.15) is 5.82 Å². The average Bonchev–Trinajstić information content (AvgIpc) is 2.49. The molecule has 1 aromatic carbocycles. The van der Waals surface area contributed by atoms with Crippen LogP contribution in [0.2, 0.25) is 0 Å². The molecule has 1 aromatic heterocycles. The first-order valence-corrected chi connectivity index (χ1v) is 4.91. The zero-order valence-corrected chi connectivity index (χ0v) is 9.08. The molecule has 0 saturated heterocycles. The molecule has 0 spiro atoms. The van der Waals surface area contributed by atoms with E-state index in [1.54, 1.807) is 10.9 Å². The van der Waals surface area contributed by atoms with Crippen LogP contribution in [0.25, 0.3) is 11.0 Å². The molecule has 2 rings (SSSR count). The van der Waals surface area contributed by atoms with Gasteiger partial charge < -0.3 is 10.3 Å². The smallest absolute Gasteiger partial charge is 0.148 e. The second-order valence-corrected chi connectivity index (χ2v) is 4.06. The van der Waals surface area contributed by atoms with Gasteiger partial charge in [0.05, 0.1) is 23.0 Å². The molecule has 0 aliphatic rings. The number of nitrogens with two attached hydrogens (primary N) is 1. The van der Waals surface area contributed by atoms with Crippen molar-refractivity contribution in [1.29, 1.82) is 0 Å². The highest BCUT2D eigenvalue weighted by Gasteiger charge is 2.16. The summed E-state index contributed by atoms with van der Waals surface area (Å²) in [5, 5.41) is 0. The van der Waals surface area contributed by atoms with Gasteiger partial charge >= 0.3 is 0 Å². The maximum absolute atomic E-state index is 13.6. The van der Waals surface area contributed by atoms with Crippen molar-refractivity contribution in [3.63, 3.8) is 0 Å². The van der Waals surface area contributed by atoms with Crippen LogP contribution in [0.3, 0.4) is 0 Å². The highest BCUT2D eigenvalue weighted by atomic mass is 19.1. The van der Waals surface area contributed by atoms with Crippen molar-refractivity contribution in [3.05, 3.63) is 23.8 Å². The summed E-state index contributed by atoms with van der Waals surface area (Å²) >= 11 is 0. The Balaban J connectivity index is 2.90. The Labute approximate surface area is 87.7 Å². The number of aromatic nitrogens is 2. The number of nitrogen functional groups attached to an aromatic ring is 1. The Kier molecular flexibility index (Phi) is 2.14. The third-order valence-corrected chi connectivity index (χ3v) is 2.63. The van der Waals surface area contributed by atoms with Crippen molar-refractivity contribution in [2.24, 2.45) is 7.05 Å². The number of benzene rings is 1. The Morgan fingerprint density at radius 1 is 1.47 bits per heavy atom. The lowest BCUT2D eigenvalue weighted by molar-refractivity contribution is 0.630. The molecular formula is C11H14FN3. The summed E-state index contributed by atoms with van der Waals surface area (Å²) < 4.78 is 15.4. The fourth-order valence-electron chi connectivity index (χ4n) is 1.86. The first-order chi connectivity index (χ1) is 7.02. The molecule has 3 nitrogen and oxygen atoms in total. The summed E-state index contributed by atoms with van der Waals surface area (Å²) in [6, 6.07) is 1.43. The molecule has 2 aromatic rings. The molecule has 0 unspecified atom stereocenters. The minimum atomic E-state index is -0.366. The van der Waals surface area contributed by atoms with Gasteiger partial charge in [-0.05, 0) is 5.92 Å². The van der Waals surface area contributed by atoms with E-state index >= 15 is 0 Å². The zero-order chi connectivity index (χ0) is 11.2. The summed E-state index contributed by atoms with van der Waals surface area (Å²) in [5.41, 5.74) is 8.33. The molecule has 0 bridgehead atoms. The van der Waals surface area contributed by atoms with Crippen LogP contribution >= 0.6 is 0 Å². The lowest BCUT2D eigenvalue weighted by atomic mass is 9.99. The molecular weight excluding hydrogens is 193 g/mol. The minimum Gasteiger partial charge on any atom is -0.396 e. The number of aryl methyl sites for hydroxylation is 1. The van der Waals surface area contributed by atoms with Crippen molar-refractivity contribution in [2.45, 2.75) is 19.8 Å². The van der Waals surface area contributed by atoms with E-state index in [1.165, 1.54) is 6.07 Å². The van der Waals surface area contributed by atoms with Crippen LogP contribution in [0.15, 0.2) is 12.4 Å². The van der Waals surface area contributed by atoms with Crippen molar-refractivity contribution < 1.29 is 4.39 Å². The molecule has 1 heterocycles. The first-order valence-electron chi connectivity index (χ1n) is 4.91. The van der Waals surface area contributed by atoms with Gasteiger partial charge in [-0.2, -0.15) is 0 Å². The average molecular weight is 207 g/mol. The zero-order valence-electron chi connectivity index (χ0n) is 9.08. The number of anilines is 1. The van der Waals surface area contributed by atoms with Crippen LogP contribution in [0.1, 0.15) is 25.3 Å². The van der Waals surface area contributed by atoms with Gasteiger partial charge in [-0.3, -0.25) is 0 Å². The van der Waals surface area contributed by atoms with Gasteiger partial charge in [0.25, 0.3) is 0 Å². The predicted molar refractivity (Wildman–Crippen MR) is 59.2 cm³/mol. The van der Waals surface area contributed by atoms with Crippen LogP contribution in [0.5, 0.6) is 0 Å². The van der Waals surface area contributed by atoms with E-state index in [9.17, 15) is 4.39 Å². The molecule has 0 atom stereocenters. The van der Waals surface area contributed by atoms with E-state index < -0.39 is 0 Å². The lowest BCUT2D eigenvalue weighted by Gasteiger charge is -2.11. The van der Waals surface area contributed by atoms with Crippen molar-refractivity contribution in [3.8, 4) is 0 Å². The maximum atomic E-state index is 13.6. The SMILES string of the molecule is CC(C)c1c(N)c(F)cc2c1ncn2C. The normalized spacial score (nSPS) is 11.5.